The summed E-state index contributed by atoms with van der Waals surface area (Å²) in [6.07, 6.45) is 4.61. The van der Waals surface area contributed by atoms with Crippen molar-refractivity contribution in [2.24, 2.45) is 5.92 Å². The first-order valence-electron chi connectivity index (χ1n) is 8.60. The Hall–Kier alpha value is -1.73. The third-order valence-electron chi connectivity index (χ3n) is 4.19. The van der Waals surface area contributed by atoms with Crippen LogP contribution in [0.15, 0.2) is 18.3 Å². The van der Waals surface area contributed by atoms with E-state index in [1.165, 1.54) is 0 Å². The van der Waals surface area contributed by atoms with Crippen molar-refractivity contribution < 1.29 is 9.53 Å². The number of rotatable bonds is 7. The molecule has 1 unspecified atom stereocenters. The zero-order valence-electron chi connectivity index (χ0n) is 14.0. The normalized spacial score (nSPS) is 18.0. The highest BCUT2D eigenvalue weighted by molar-refractivity contribution is 7.21. The highest BCUT2D eigenvalue weighted by atomic mass is 32.1. The maximum atomic E-state index is 12.4. The van der Waals surface area contributed by atoms with Crippen LogP contribution in [-0.4, -0.2) is 48.7 Å². The standard InChI is InChI=1S/C17H24N4O2S/c1-2-23-11-5-9-18-15(22)13-6-4-10-21(12-13)17-20-14-7-3-8-19-16(14)24-17/h3,7-8,13H,2,4-6,9-12H2,1H3,(H,18,22). The van der Waals surface area contributed by atoms with Gasteiger partial charge in [0, 0.05) is 39.0 Å². The van der Waals surface area contributed by atoms with Crippen molar-refractivity contribution in [3.63, 3.8) is 0 Å². The third-order valence-corrected chi connectivity index (χ3v) is 5.23. The van der Waals surface area contributed by atoms with E-state index >= 15 is 0 Å². The minimum absolute atomic E-state index is 0.0332. The highest BCUT2D eigenvalue weighted by Gasteiger charge is 2.27. The second-order valence-corrected chi connectivity index (χ2v) is 6.91. The third kappa shape index (κ3) is 4.21. The predicted octanol–water partition coefficient (Wildman–Crippen LogP) is 2.45. The average Bonchev–Trinajstić information content (AvgIpc) is 3.06. The molecular formula is C17H24N4O2S. The number of hydrogen-bond donors (Lipinski definition) is 1. The monoisotopic (exact) mass is 348 g/mol. The maximum Gasteiger partial charge on any atom is 0.224 e. The Balaban J connectivity index is 1.54. The Labute approximate surface area is 146 Å². The molecule has 7 heteroatoms. The molecule has 0 aromatic carbocycles. The average molecular weight is 348 g/mol. The number of carbonyl (C=O) groups excluding carboxylic acids is 1. The number of carbonyl (C=O) groups is 1. The van der Waals surface area contributed by atoms with Gasteiger partial charge in [-0.25, -0.2) is 9.97 Å². The van der Waals surface area contributed by atoms with Crippen molar-refractivity contribution in [2.75, 3.05) is 37.7 Å². The van der Waals surface area contributed by atoms with Crippen LogP contribution in [0.3, 0.4) is 0 Å². The molecule has 2 aromatic heterocycles. The van der Waals surface area contributed by atoms with E-state index < -0.39 is 0 Å². The van der Waals surface area contributed by atoms with Crippen LogP contribution in [0, 0.1) is 5.92 Å². The van der Waals surface area contributed by atoms with Gasteiger partial charge in [0.1, 0.15) is 10.3 Å². The molecule has 1 atom stereocenters. The van der Waals surface area contributed by atoms with Crippen molar-refractivity contribution in [3.05, 3.63) is 18.3 Å². The Morgan fingerprint density at radius 3 is 3.29 bits per heavy atom. The predicted molar refractivity (Wildman–Crippen MR) is 96.5 cm³/mol. The fourth-order valence-corrected chi connectivity index (χ4v) is 3.88. The van der Waals surface area contributed by atoms with Crippen molar-refractivity contribution in [1.29, 1.82) is 0 Å². The van der Waals surface area contributed by atoms with Crippen LogP contribution in [0.4, 0.5) is 5.13 Å². The minimum atomic E-state index is 0.0332. The van der Waals surface area contributed by atoms with Crippen LogP contribution in [0.1, 0.15) is 26.2 Å². The topological polar surface area (TPSA) is 67.3 Å². The molecule has 1 amide bonds. The van der Waals surface area contributed by atoms with E-state index in [2.05, 4.69) is 20.2 Å². The van der Waals surface area contributed by atoms with Gasteiger partial charge in [-0.15, -0.1) is 0 Å². The molecule has 1 saturated heterocycles. The van der Waals surface area contributed by atoms with Crippen molar-refractivity contribution in [1.82, 2.24) is 15.3 Å². The van der Waals surface area contributed by atoms with Gasteiger partial charge in [-0.05, 0) is 38.3 Å². The molecule has 0 bridgehead atoms. The van der Waals surface area contributed by atoms with Gasteiger partial charge in [-0.1, -0.05) is 11.3 Å². The van der Waals surface area contributed by atoms with Gasteiger partial charge in [-0.2, -0.15) is 0 Å². The van der Waals surface area contributed by atoms with Gasteiger partial charge in [0.25, 0.3) is 0 Å². The van der Waals surface area contributed by atoms with E-state index in [9.17, 15) is 4.79 Å². The van der Waals surface area contributed by atoms with E-state index in [4.69, 9.17) is 4.74 Å². The first-order chi connectivity index (χ1) is 11.8. The highest BCUT2D eigenvalue weighted by Crippen LogP contribution is 2.30. The molecule has 24 heavy (non-hydrogen) atoms. The summed E-state index contributed by atoms with van der Waals surface area (Å²) in [5.41, 5.74) is 0.931. The van der Waals surface area contributed by atoms with E-state index in [-0.39, 0.29) is 11.8 Å². The molecule has 3 heterocycles. The lowest BCUT2D eigenvalue weighted by molar-refractivity contribution is -0.125. The molecule has 0 spiro atoms. The molecule has 1 N–H and O–H groups in total. The number of piperidine rings is 1. The van der Waals surface area contributed by atoms with Crippen LogP contribution < -0.4 is 10.2 Å². The Kier molecular flexibility index (Phi) is 5.98. The molecule has 0 radical (unpaired) electrons. The number of anilines is 1. The maximum absolute atomic E-state index is 12.4. The lowest BCUT2D eigenvalue weighted by Gasteiger charge is -2.31. The number of thiazole rings is 1. The van der Waals surface area contributed by atoms with Gasteiger partial charge in [0.05, 0.1) is 5.92 Å². The van der Waals surface area contributed by atoms with Crippen molar-refractivity contribution in [3.8, 4) is 0 Å². The first-order valence-corrected chi connectivity index (χ1v) is 9.41. The van der Waals surface area contributed by atoms with Crippen LogP contribution in [-0.2, 0) is 9.53 Å². The molecule has 0 aliphatic carbocycles. The molecule has 1 aliphatic heterocycles. The van der Waals surface area contributed by atoms with Crippen LogP contribution >= 0.6 is 11.3 Å². The van der Waals surface area contributed by atoms with Crippen LogP contribution in [0.25, 0.3) is 10.3 Å². The summed E-state index contributed by atoms with van der Waals surface area (Å²) in [6, 6.07) is 3.88. The lowest BCUT2D eigenvalue weighted by atomic mass is 9.97. The number of ether oxygens (including phenoxy) is 1. The molecule has 6 nitrogen and oxygen atoms in total. The van der Waals surface area contributed by atoms with Crippen molar-refractivity contribution in [2.45, 2.75) is 26.2 Å². The molecule has 130 valence electrons. The number of hydrogen-bond acceptors (Lipinski definition) is 6. The SMILES string of the molecule is CCOCCCNC(=O)C1CCCN(c2nc3cccnc3s2)C1. The number of pyridine rings is 1. The van der Waals surface area contributed by atoms with Crippen molar-refractivity contribution >= 4 is 32.7 Å². The van der Waals surface area contributed by atoms with E-state index in [1.807, 2.05) is 19.1 Å². The molecule has 3 rings (SSSR count). The fraction of sp³-hybridized carbons (Fsp3) is 0.588. The summed E-state index contributed by atoms with van der Waals surface area (Å²) in [7, 11) is 0. The van der Waals surface area contributed by atoms with E-state index in [0.29, 0.717) is 13.2 Å². The number of nitrogens with one attached hydrogen (secondary N) is 1. The van der Waals surface area contributed by atoms with E-state index in [1.54, 1.807) is 17.5 Å². The van der Waals surface area contributed by atoms with Gasteiger partial charge >= 0.3 is 0 Å². The smallest absolute Gasteiger partial charge is 0.224 e. The zero-order chi connectivity index (χ0) is 16.8. The van der Waals surface area contributed by atoms with Gasteiger partial charge < -0.3 is 15.0 Å². The number of nitrogens with zero attached hydrogens (tertiary/aromatic N) is 3. The largest absolute Gasteiger partial charge is 0.382 e. The number of fused-ring (bicyclic) bond motifs is 1. The molecule has 2 aromatic rings. The minimum Gasteiger partial charge on any atom is -0.382 e. The Morgan fingerprint density at radius 1 is 1.54 bits per heavy atom. The van der Waals surface area contributed by atoms with Gasteiger partial charge in [0.2, 0.25) is 5.91 Å². The number of aromatic nitrogens is 2. The lowest BCUT2D eigenvalue weighted by Crippen LogP contribution is -2.43. The zero-order valence-corrected chi connectivity index (χ0v) is 14.8. The molecule has 1 fully saturated rings. The number of amides is 1. The molecular weight excluding hydrogens is 324 g/mol. The Morgan fingerprint density at radius 2 is 2.46 bits per heavy atom. The second kappa shape index (κ2) is 8.39. The van der Waals surface area contributed by atoms with Crippen LogP contribution in [0.5, 0.6) is 0 Å². The summed E-state index contributed by atoms with van der Waals surface area (Å²) in [4.78, 5) is 24.6. The van der Waals surface area contributed by atoms with Gasteiger partial charge in [0.15, 0.2) is 5.13 Å². The summed E-state index contributed by atoms with van der Waals surface area (Å²) < 4.78 is 5.29. The second-order valence-electron chi connectivity index (χ2n) is 5.95. The van der Waals surface area contributed by atoms with Crippen LogP contribution in [0.2, 0.25) is 0 Å². The summed E-state index contributed by atoms with van der Waals surface area (Å²) in [5, 5.41) is 4.00. The summed E-state index contributed by atoms with van der Waals surface area (Å²) in [5.74, 6) is 0.182. The molecule has 1 aliphatic rings. The Bertz CT molecular complexity index is 642. The molecule has 0 saturated carbocycles. The fourth-order valence-electron chi connectivity index (χ4n) is 2.93. The van der Waals surface area contributed by atoms with Gasteiger partial charge in [-0.3, -0.25) is 4.79 Å². The first kappa shape index (κ1) is 17.1. The summed E-state index contributed by atoms with van der Waals surface area (Å²) in [6.45, 7) is 5.77. The summed E-state index contributed by atoms with van der Waals surface area (Å²) >= 11 is 1.60. The quantitative estimate of drug-likeness (QED) is 0.779. The van der Waals surface area contributed by atoms with E-state index in [0.717, 1.165) is 54.4 Å².